The maximum atomic E-state index is 12.1. The van der Waals surface area contributed by atoms with Crippen LogP contribution in [-0.2, 0) is 10.0 Å². The molecule has 1 aromatic carbocycles. The van der Waals surface area contributed by atoms with Gasteiger partial charge >= 0.3 is 0 Å². The fraction of sp³-hybridized carbons (Fsp3) is 0.273. The zero-order chi connectivity index (χ0) is 13.3. The minimum atomic E-state index is -3.65. The van der Waals surface area contributed by atoms with Crippen molar-refractivity contribution in [2.24, 2.45) is 0 Å². The van der Waals surface area contributed by atoms with Gasteiger partial charge in [-0.3, -0.25) is 0 Å². The van der Waals surface area contributed by atoms with E-state index in [4.69, 9.17) is 10.8 Å². The number of benzene rings is 1. The molecular formula is C11H15N3O3S. The number of aliphatic hydroxyl groups is 1. The smallest absolute Gasteiger partial charge is 0.243 e. The summed E-state index contributed by atoms with van der Waals surface area (Å²) in [5.41, 5.74) is 6.85. The lowest BCUT2D eigenvalue weighted by Crippen LogP contribution is -2.34. The summed E-state index contributed by atoms with van der Waals surface area (Å²) >= 11 is 0. The van der Waals surface area contributed by atoms with Crippen LogP contribution in [0.15, 0.2) is 29.3 Å². The maximum Gasteiger partial charge on any atom is 0.243 e. The largest absolute Gasteiger partial charge is 0.399 e. The number of anilines is 1. The highest BCUT2D eigenvalue weighted by Crippen LogP contribution is 2.24. The lowest BCUT2D eigenvalue weighted by Gasteiger charge is -2.10. The topological polar surface area (TPSA) is 108 Å². The fourth-order valence-corrected chi connectivity index (χ4v) is 3.12. The summed E-state index contributed by atoms with van der Waals surface area (Å²) in [7, 11) is -3.65. The van der Waals surface area contributed by atoms with Gasteiger partial charge in [0.15, 0.2) is 0 Å². The number of nitrogens with two attached hydrogens (primary N) is 1. The third kappa shape index (κ3) is 2.33. The van der Waals surface area contributed by atoms with Crippen LogP contribution in [0.3, 0.4) is 0 Å². The van der Waals surface area contributed by atoms with E-state index in [2.05, 4.69) is 9.71 Å². The lowest BCUT2D eigenvalue weighted by molar-refractivity contribution is 0.265. The van der Waals surface area contributed by atoms with Crippen LogP contribution in [-0.4, -0.2) is 31.2 Å². The summed E-state index contributed by atoms with van der Waals surface area (Å²) in [6.45, 7) is 1.33. The number of H-pyrrole nitrogens is 1. The molecule has 1 atom stereocenters. The molecule has 18 heavy (non-hydrogen) atoms. The Labute approximate surface area is 105 Å². The van der Waals surface area contributed by atoms with Gasteiger partial charge in [-0.25, -0.2) is 13.1 Å². The Bertz CT molecular complexity index is 663. The van der Waals surface area contributed by atoms with Crippen molar-refractivity contribution in [3.8, 4) is 0 Å². The number of hydrogen-bond donors (Lipinski definition) is 4. The van der Waals surface area contributed by atoms with E-state index in [1.165, 1.54) is 6.20 Å². The molecule has 2 aromatic rings. The monoisotopic (exact) mass is 269 g/mol. The number of nitrogens with one attached hydrogen (secondary N) is 2. The maximum absolute atomic E-state index is 12.1. The minimum Gasteiger partial charge on any atom is -0.399 e. The van der Waals surface area contributed by atoms with Gasteiger partial charge in [-0.1, -0.05) is 0 Å². The SMILES string of the molecule is CC(CO)NS(=O)(=O)c1c[nH]c2cc(N)ccc12. The predicted molar refractivity (Wildman–Crippen MR) is 69.6 cm³/mol. The quantitative estimate of drug-likeness (QED) is 0.603. The van der Waals surface area contributed by atoms with Crippen LogP contribution >= 0.6 is 0 Å². The number of sulfonamides is 1. The number of aromatic amines is 1. The van der Waals surface area contributed by atoms with E-state index in [0.29, 0.717) is 16.6 Å². The summed E-state index contributed by atoms with van der Waals surface area (Å²) in [4.78, 5) is 3.02. The summed E-state index contributed by atoms with van der Waals surface area (Å²) < 4.78 is 26.6. The number of rotatable bonds is 4. The van der Waals surface area contributed by atoms with Gasteiger partial charge in [-0.05, 0) is 25.1 Å². The van der Waals surface area contributed by atoms with E-state index in [1.807, 2.05) is 0 Å². The Balaban J connectivity index is 2.48. The molecule has 7 heteroatoms. The van der Waals surface area contributed by atoms with Gasteiger partial charge < -0.3 is 15.8 Å². The summed E-state index contributed by atoms with van der Waals surface area (Å²) in [5.74, 6) is 0. The molecule has 2 rings (SSSR count). The van der Waals surface area contributed by atoms with Crippen molar-refractivity contribution in [1.29, 1.82) is 0 Å². The summed E-state index contributed by atoms with van der Waals surface area (Å²) in [5, 5.41) is 9.47. The molecule has 0 saturated carbocycles. The summed E-state index contributed by atoms with van der Waals surface area (Å²) in [6.07, 6.45) is 1.41. The van der Waals surface area contributed by atoms with Crippen LogP contribution in [0.1, 0.15) is 6.92 Å². The molecule has 0 fully saturated rings. The highest BCUT2D eigenvalue weighted by atomic mass is 32.2. The van der Waals surface area contributed by atoms with Gasteiger partial charge in [0, 0.05) is 28.8 Å². The third-order valence-electron chi connectivity index (χ3n) is 2.59. The van der Waals surface area contributed by atoms with E-state index < -0.39 is 16.1 Å². The highest BCUT2D eigenvalue weighted by molar-refractivity contribution is 7.89. The second kappa shape index (κ2) is 4.60. The standard InChI is InChI=1S/C11H15N3O3S/c1-7(6-15)14-18(16,17)11-5-13-10-4-8(12)2-3-9(10)11/h2-5,7,13-15H,6,12H2,1H3. The molecule has 98 valence electrons. The van der Waals surface area contributed by atoms with Crippen LogP contribution in [0, 0.1) is 0 Å². The van der Waals surface area contributed by atoms with Crippen LogP contribution in [0.5, 0.6) is 0 Å². The Morgan fingerprint density at radius 3 is 2.89 bits per heavy atom. The Morgan fingerprint density at radius 1 is 1.50 bits per heavy atom. The molecule has 1 unspecified atom stereocenters. The van der Waals surface area contributed by atoms with E-state index in [9.17, 15) is 8.42 Å². The van der Waals surface area contributed by atoms with Gasteiger partial charge in [-0.2, -0.15) is 0 Å². The second-order valence-corrected chi connectivity index (χ2v) is 5.85. The molecule has 0 amide bonds. The fourth-order valence-electron chi connectivity index (χ4n) is 1.71. The van der Waals surface area contributed by atoms with E-state index >= 15 is 0 Å². The van der Waals surface area contributed by atoms with Crippen molar-refractivity contribution in [3.05, 3.63) is 24.4 Å². The molecule has 0 aliphatic rings. The highest BCUT2D eigenvalue weighted by Gasteiger charge is 2.20. The summed E-state index contributed by atoms with van der Waals surface area (Å²) in [6, 6.07) is 4.43. The zero-order valence-corrected chi connectivity index (χ0v) is 10.7. The molecule has 1 aromatic heterocycles. The van der Waals surface area contributed by atoms with Crippen LogP contribution in [0.25, 0.3) is 10.9 Å². The molecule has 0 aliphatic heterocycles. The predicted octanol–water partition coefficient (Wildman–Crippen LogP) is 0.409. The van der Waals surface area contributed by atoms with Crippen LogP contribution in [0.4, 0.5) is 5.69 Å². The normalized spacial score (nSPS) is 13.9. The molecule has 6 nitrogen and oxygen atoms in total. The average molecular weight is 269 g/mol. The van der Waals surface area contributed by atoms with Crippen molar-refractivity contribution >= 4 is 26.6 Å². The molecule has 0 bridgehead atoms. The first-order valence-electron chi connectivity index (χ1n) is 5.44. The van der Waals surface area contributed by atoms with E-state index in [1.54, 1.807) is 25.1 Å². The van der Waals surface area contributed by atoms with Gasteiger partial charge in [0.1, 0.15) is 4.90 Å². The first-order chi connectivity index (χ1) is 8.44. The van der Waals surface area contributed by atoms with Crippen LogP contribution in [0.2, 0.25) is 0 Å². The number of aromatic nitrogens is 1. The van der Waals surface area contributed by atoms with Crippen molar-refractivity contribution in [1.82, 2.24) is 9.71 Å². The number of hydrogen-bond acceptors (Lipinski definition) is 4. The van der Waals surface area contributed by atoms with Gasteiger partial charge in [0.05, 0.1) is 6.61 Å². The van der Waals surface area contributed by atoms with Crippen LogP contribution < -0.4 is 10.5 Å². The Hall–Kier alpha value is -1.57. The zero-order valence-electron chi connectivity index (χ0n) is 9.84. The Morgan fingerprint density at radius 2 is 2.22 bits per heavy atom. The first-order valence-corrected chi connectivity index (χ1v) is 6.92. The molecule has 0 radical (unpaired) electrons. The van der Waals surface area contributed by atoms with Gasteiger partial charge in [0.2, 0.25) is 10.0 Å². The second-order valence-electron chi connectivity index (χ2n) is 4.16. The van der Waals surface area contributed by atoms with Crippen molar-refractivity contribution < 1.29 is 13.5 Å². The van der Waals surface area contributed by atoms with Crippen molar-refractivity contribution in [2.45, 2.75) is 17.9 Å². The molecule has 5 N–H and O–H groups in total. The first kappa shape index (κ1) is 12.9. The number of aliphatic hydroxyl groups excluding tert-OH is 1. The lowest BCUT2D eigenvalue weighted by atomic mass is 10.2. The molecular weight excluding hydrogens is 254 g/mol. The van der Waals surface area contributed by atoms with E-state index in [-0.39, 0.29) is 11.5 Å². The van der Waals surface area contributed by atoms with Crippen molar-refractivity contribution in [3.63, 3.8) is 0 Å². The Kier molecular flexibility index (Phi) is 3.29. The molecule has 0 aliphatic carbocycles. The number of nitrogen functional groups attached to an aromatic ring is 1. The van der Waals surface area contributed by atoms with Gasteiger partial charge in [0.25, 0.3) is 0 Å². The average Bonchev–Trinajstić information content (AvgIpc) is 2.71. The van der Waals surface area contributed by atoms with Gasteiger partial charge in [-0.15, -0.1) is 0 Å². The molecule has 1 heterocycles. The molecule has 0 spiro atoms. The van der Waals surface area contributed by atoms with Crippen molar-refractivity contribution in [2.75, 3.05) is 12.3 Å². The third-order valence-corrected chi connectivity index (χ3v) is 4.22. The molecule has 0 saturated heterocycles. The number of fused-ring (bicyclic) bond motifs is 1. The van der Waals surface area contributed by atoms with E-state index in [0.717, 1.165) is 0 Å². The minimum absolute atomic E-state index is 0.151.